The van der Waals surface area contributed by atoms with Gasteiger partial charge in [0, 0.05) is 36.2 Å². The molecule has 3 aromatic heterocycles. The number of aryl methyl sites for hydroxylation is 1. The fraction of sp³-hybridized carbons (Fsp3) is 0.400. The summed E-state index contributed by atoms with van der Waals surface area (Å²) in [7, 11) is 0. The van der Waals surface area contributed by atoms with Crippen LogP contribution in [0.15, 0.2) is 67.3 Å². The van der Waals surface area contributed by atoms with Gasteiger partial charge in [0.05, 0.1) is 0 Å². The van der Waals surface area contributed by atoms with Crippen molar-refractivity contribution in [1.82, 2.24) is 15.0 Å². The van der Waals surface area contributed by atoms with Crippen molar-refractivity contribution in [2.75, 3.05) is 0 Å². The van der Waals surface area contributed by atoms with Gasteiger partial charge < -0.3 is 0 Å². The lowest BCUT2D eigenvalue weighted by molar-refractivity contribution is 0.821. The minimum absolute atomic E-state index is 0.542. The highest BCUT2D eigenvalue weighted by atomic mass is 14.7. The lowest BCUT2D eigenvalue weighted by atomic mass is 10.1. The minimum Gasteiger partial charge on any atom is -0.264 e. The molecule has 0 radical (unpaired) electrons. The molecule has 0 aromatic carbocycles. The van der Waals surface area contributed by atoms with Crippen molar-refractivity contribution in [1.29, 1.82) is 0 Å². The van der Waals surface area contributed by atoms with Crippen molar-refractivity contribution in [2.45, 2.75) is 66.2 Å². The van der Waals surface area contributed by atoms with Crippen molar-refractivity contribution >= 4 is 0 Å². The van der Waals surface area contributed by atoms with Crippen molar-refractivity contribution in [3.8, 4) is 0 Å². The number of aromatic nitrogens is 3. The normalized spacial score (nSPS) is 10.2. The van der Waals surface area contributed by atoms with E-state index in [1.54, 1.807) is 6.20 Å². The zero-order chi connectivity index (χ0) is 20.9. The smallest absolute Gasteiger partial charge is 0.0429 e. The predicted octanol–water partition coefficient (Wildman–Crippen LogP) is 6.92. The van der Waals surface area contributed by atoms with Crippen LogP contribution in [0.4, 0.5) is 0 Å². The minimum atomic E-state index is 0.542. The van der Waals surface area contributed by atoms with Crippen LogP contribution in [0.2, 0.25) is 0 Å². The lowest BCUT2D eigenvalue weighted by Crippen LogP contribution is -1.90. The molecule has 0 saturated heterocycles. The van der Waals surface area contributed by atoms with Gasteiger partial charge in [-0.3, -0.25) is 15.0 Å². The first-order valence-corrected chi connectivity index (χ1v) is 10.0. The van der Waals surface area contributed by atoms with Gasteiger partial charge in [-0.25, -0.2) is 0 Å². The van der Waals surface area contributed by atoms with Gasteiger partial charge in [0.15, 0.2) is 0 Å². The van der Waals surface area contributed by atoms with Crippen LogP contribution in [-0.4, -0.2) is 15.0 Å². The second kappa shape index (κ2) is 12.8. The van der Waals surface area contributed by atoms with Crippen LogP contribution in [0, 0.1) is 6.92 Å². The van der Waals surface area contributed by atoms with Crippen molar-refractivity contribution in [3.05, 3.63) is 89.8 Å². The quantitative estimate of drug-likeness (QED) is 0.497. The molecule has 0 saturated carbocycles. The summed E-state index contributed by atoms with van der Waals surface area (Å²) >= 11 is 0. The molecule has 0 bridgehead atoms. The number of hydrogen-bond donors (Lipinski definition) is 0. The summed E-state index contributed by atoms with van der Waals surface area (Å²) in [5.41, 5.74) is 4.87. The summed E-state index contributed by atoms with van der Waals surface area (Å²) in [5.74, 6) is 1.69. The average Bonchev–Trinajstić information content (AvgIpc) is 2.70. The van der Waals surface area contributed by atoms with Crippen molar-refractivity contribution < 1.29 is 0 Å². The molecule has 3 nitrogen and oxygen atoms in total. The fourth-order valence-corrected chi connectivity index (χ4v) is 2.26. The molecule has 0 unspecified atom stereocenters. The highest BCUT2D eigenvalue weighted by Gasteiger charge is 1.97. The number of hydrogen-bond acceptors (Lipinski definition) is 3. The van der Waals surface area contributed by atoms with Crippen LogP contribution in [-0.2, 0) is 0 Å². The van der Waals surface area contributed by atoms with Crippen molar-refractivity contribution in [2.24, 2.45) is 0 Å². The SMILES string of the molecule is CC(C)c1ccccn1.CC(C)c1cccnc1.Cc1ccc(C(C)C)nc1. The Labute approximate surface area is 171 Å². The van der Waals surface area contributed by atoms with Gasteiger partial charge in [-0.05, 0) is 60.1 Å². The molecule has 3 rings (SSSR count). The Bertz CT molecular complexity index is 705. The maximum Gasteiger partial charge on any atom is 0.0429 e. The van der Waals surface area contributed by atoms with Crippen LogP contribution >= 0.6 is 0 Å². The van der Waals surface area contributed by atoms with E-state index in [2.05, 4.69) is 81.6 Å². The summed E-state index contributed by atoms with van der Waals surface area (Å²) in [6, 6.07) is 14.2. The topological polar surface area (TPSA) is 38.7 Å². The standard InChI is InChI=1S/C9H13N.2C8H11N/c1-7(2)9-5-4-8(3)6-10-9;1-7(2)8-4-3-5-9-6-8;1-7(2)8-5-3-4-6-9-8/h4-7H,1-3H3;2*3-7H,1-2H3. The van der Waals surface area contributed by atoms with E-state index in [1.165, 1.54) is 16.8 Å². The highest BCUT2D eigenvalue weighted by Crippen LogP contribution is 2.11. The molecule has 3 heteroatoms. The Kier molecular flexibility index (Phi) is 10.7. The zero-order valence-corrected chi connectivity index (χ0v) is 18.4. The van der Waals surface area contributed by atoms with Gasteiger partial charge in [0.2, 0.25) is 0 Å². The second-order valence-electron chi connectivity index (χ2n) is 7.77. The Morgan fingerprint density at radius 3 is 1.64 bits per heavy atom. The summed E-state index contributed by atoms with van der Waals surface area (Å²) in [6.45, 7) is 15.0. The number of pyridine rings is 3. The Hall–Kier alpha value is -2.55. The summed E-state index contributed by atoms with van der Waals surface area (Å²) in [6.07, 6.45) is 7.45. The number of rotatable bonds is 3. The monoisotopic (exact) mass is 377 g/mol. The third-order valence-corrected chi connectivity index (χ3v) is 4.16. The summed E-state index contributed by atoms with van der Waals surface area (Å²) in [5, 5.41) is 0. The van der Waals surface area contributed by atoms with Gasteiger partial charge in [0.25, 0.3) is 0 Å². The molecule has 0 atom stereocenters. The molecule has 0 fully saturated rings. The summed E-state index contributed by atoms with van der Waals surface area (Å²) < 4.78 is 0. The van der Waals surface area contributed by atoms with E-state index in [1.807, 2.05) is 42.9 Å². The van der Waals surface area contributed by atoms with E-state index in [-0.39, 0.29) is 0 Å². The van der Waals surface area contributed by atoms with E-state index in [0.717, 1.165) is 5.69 Å². The first kappa shape index (κ1) is 23.5. The van der Waals surface area contributed by atoms with E-state index in [9.17, 15) is 0 Å². The zero-order valence-electron chi connectivity index (χ0n) is 18.4. The van der Waals surface area contributed by atoms with Crippen LogP contribution in [0.5, 0.6) is 0 Å². The van der Waals surface area contributed by atoms with E-state index < -0.39 is 0 Å². The highest BCUT2D eigenvalue weighted by molar-refractivity contribution is 5.14. The Morgan fingerprint density at radius 2 is 1.29 bits per heavy atom. The molecule has 150 valence electrons. The van der Waals surface area contributed by atoms with E-state index >= 15 is 0 Å². The molecular weight excluding hydrogens is 342 g/mol. The molecule has 0 aliphatic carbocycles. The van der Waals surface area contributed by atoms with Gasteiger partial charge >= 0.3 is 0 Å². The second-order valence-corrected chi connectivity index (χ2v) is 7.77. The molecule has 0 aliphatic rings. The molecular formula is C25H35N3. The largest absolute Gasteiger partial charge is 0.264 e. The average molecular weight is 378 g/mol. The molecule has 0 spiro atoms. The van der Waals surface area contributed by atoms with Gasteiger partial charge in [-0.2, -0.15) is 0 Å². The molecule has 3 aromatic rings. The maximum absolute atomic E-state index is 4.28. The van der Waals surface area contributed by atoms with Crippen LogP contribution in [0.1, 0.15) is 81.8 Å². The van der Waals surface area contributed by atoms with E-state index in [4.69, 9.17) is 0 Å². The molecule has 28 heavy (non-hydrogen) atoms. The lowest BCUT2D eigenvalue weighted by Gasteiger charge is -2.02. The molecule has 3 heterocycles. The van der Waals surface area contributed by atoms with Crippen LogP contribution in [0.25, 0.3) is 0 Å². The van der Waals surface area contributed by atoms with Gasteiger partial charge in [-0.1, -0.05) is 59.7 Å². The first-order valence-electron chi connectivity index (χ1n) is 10.0. The van der Waals surface area contributed by atoms with Crippen LogP contribution < -0.4 is 0 Å². The maximum atomic E-state index is 4.28. The predicted molar refractivity (Wildman–Crippen MR) is 120 cm³/mol. The van der Waals surface area contributed by atoms with E-state index in [0.29, 0.717) is 17.8 Å². The number of nitrogens with zero attached hydrogens (tertiary/aromatic N) is 3. The van der Waals surface area contributed by atoms with Crippen LogP contribution in [0.3, 0.4) is 0 Å². The van der Waals surface area contributed by atoms with Gasteiger partial charge in [0.1, 0.15) is 0 Å². The fourth-order valence-electron chi connectivity index (χ4n) is 2.26. The third kappa shape index (κ3) is 9.40. The first-order chi connectivity index (χ1) is 13.3. The summed E-state index contributed by atoms with van der Waals surface area (Å²) in [4.78, 5) is 12.5. The molecule has 0 N–H and O–H groups in total. The molecule has 0 aliphatic heterocycles. The Morgan fingerprint density at radius 1 is 0.607 bits per heavy atom. The van der Waals surface area contributed by atoms with Gasteiger partial charge in [-0.15, -0.1) is 0 Å². The van der Waals surface area contributed by atoms with Crippen molar-refractivity contribution in [3.63, 3.8) is 0 Å². The molecule has 0 amide bonds. The Balaban J connectivity index is 0.000000210. The third-order valence-electron chi connectivity index (χ3n) is 4.16.